The summed E-state index contributed by atoms with van der Waals surface area (Å²) in [6, 6.07) is 0. The van der Waals surface area contributed by atoms with Crippen LogP contribution >= 0.6 is 11.6 Å². The number of halogens is 1. The molecule has 0 spiro atoms. The van der Waals surface area contributed by atoms with Crippen LogP contribution in [0.2, 0.25) is 0 Å². The van der Waals surface area contributed by atoms with E-state index in [2.05, 4.69) is 0 Å². The average molecular weight is 204 g/mol. The van der Waals surface area contributed by atoms with Gasteiger partial charge in [0.15, 0.2) is 0 Å². The van der Waals surface area contributed by atoms with Gasteiger partial charge in [-0.3, -0.25) is 0 Å². The summed E-state index contributed by atoms with van der Waals surface area (Å²) in [6.45, 7) is 1.99. The third kappa shape index (κ3) is 6.82. The van der Waals surface area contributed by atoms with Gasteiger partial charge in [-0.25, -0.2) is 0 Å². The SMILES string of the molecule is C/C=C(\C=C/CCCl)CC(N)OC. The number of alkyl halides is 1. The zero-order valence-electron chi connectivity index (χ0n) is 8.29. The van der Waals surface area contributed by atoms with Crippen LogP contribution in [-0.4, -0.2) is 19.2 Å². The van der Waals surface area contributed by atoms with Crippen molar-refractivity contribution in [2.24, 2.45) is 5.73 Å². The number of allylic oxidation sites excluding steroid dienone is 3. The topological polar surface area (TPSA) is 35.2 Å². The highest BCUT2D eigenvalue weighted by molar-refractivity contribution is 6.17. The lowest BCUT2D eigenvalue weighted by Crippen LogP contribution is -2.22. The molecule has 2 nitrogen and oxygen atoms in total. The van der Waals surface area contributed by atoms with Gasteiger partial charge in [-0.2, -0.15) is 0 Å². The van der Waals surface area contributed by atoms with Gasteiger partial charge >= 0.3 is 0 Å². The molecule has 1 atom stereocenters. The molecule has 0 aromatic rings. The minimum Gasteiger partial charge on any atom is -0.366 e. The summed E-state index contributed by atoms with van der Waals surface area (Å²) in [5.74, 6) is 0.657. The molecule has 0 aliphatic carbocycles. The lowest BCUT2D eigenvalue weighted by molar-refractivity contribution is 0.109. The largest absolute Gasteiger partial charge is 0.366 e. The number of ether oxygens (including phenoxy) is 1. The molecule has 13 heavy (non-hydrogen) atoms. The van der Waals surface area contributed by atoms with Crippen molar-refractivity contribution in [2.75, 3.05) is 13.0 Å². The fraction of sp³-hybridized carbons (Fsp3) is 0.600. The summed E-state index contributed by atoms with van der Waals surface area (Å²) in [7, 11) is 1.61. The first kappa shape index (κ1) is 12.7. The summed E-state index contributed by atoms with van der Waals surface area (Å²) in [6.07, 6.45) is 7.54. The molecule has 0 saturated carbocycles. The number of rotatable bonds is 6. The average Bonchev–Trinajstić information content (AvgIpc) is 2.16. The molecule has 0 saturated heterocycles. The van der Waals surface area contributed by atoms with Crippen LogP contribution in [0.5, 0.6) is 0 Å². The van der Waals surface area contributed by atoms with Crippen LogP contribution in [0.25, 0.3) is 0 Å². The fourth-order valence-electron chi connectivity index (χ4n) is 0.895. The third-order valence-electron chi connectivity index (χ3n) is 1.72. The second kappa shape index (κ2) is 8.30. The summed E-state index contributed by atoms with van der Waals surface area (Å²) in [5.41, 5.74) is 6.81. The Kier molecular flexibility index (Phi) is 8.10. The van der Waals surface area contributed by atoms with Gasteiger partial charge in [-0.1, -0.05) is 18.2 Å². The van der Waals surface area contributed by atoms with Crippen LogP contribution in [0.15, 0.2) is 23.8 Å². The Labute approximate surface area is 85.4 Å². The molecule has 0 bridgehead atoms. The van der Waals surface area contributed by atoms with E-state index in [1.165, 1.54) is 5.57 Å². The van der Waals surface area contributed by atoms with Crippen molar-refractivity contribution < 1.29 is 4.74 Å². The molecule has 0 aromatic heterocycles. The van der Waals surface area contributed by atoms with E-state index in [0.717, 1.165) is 12.8 Å². The molecule has 0 fully saturated rings. The first-order valence-corrected chi connectivity index (χ1v) is 4.94. The molecule has 76 valence electrons. The van der Waals surface area contributed by atoms with E-state index in [-0.39, 0.29) is 6.23 Å². The van der Waals surface area contributed by atoms with Gasteiger partial charge in [0.05, 0.1) is 0 Å². The van der Waals surface area contributed by atoms with Gasteiger partial charge in [-0.15, -0.1) is 11.6 Å². The van der Waals surface area contributed by atoms with Gasteiger partial charge < -0.3 is 10.5 Å². The van der Waals surface area contributed by atoms with Crippen molar-refractivity contribution in [2.45, 2.75) is 26.0 Å². The number of methoxy groups -OCH3 is 1. The van der Waals surface area contributed by atoms with Crippen molar-refractivity contribution in [1.29, 1.82) is 0 Å². The number of hydrogen-bond donors (Lipinski definition) is 1. The van der Waals surface area contributed by atoms with Crippen molar-refractivity contribution in [3.8, 4) is 0 Å². The maximum Gasteiger partial charge on any atom is 0.109 e. The molecule has 0 aliphatic rings. The van der Waals surface area contributed by atoms with E-state index in [1.807, 2.05) is 25.2 Å². The molecule has 0 amide bonds. The lowest BCUT2D eigenvalue weighted by atomic mass is 10.1. The normalized spacial score (nSPS) is 15.2. The van der Waals surface area contributed by atoms with E-state index in [4.69, 9.17) is 22.1 Å². The lowest BCUT2D eigenvalue weighted by Gasteiger charge is -2.09. The summed E-state index contributed by atoms with van der Waals surface area (Å²) >= 11 is 5.54. The van der Waals surface area contributed by atoms with Crippen LogP contribution in [0.4, 0.5) is 0 Å². The number of hydrogen-bond acceptors (Lipinski definition) is 2. The van der Waals surface area contributed by atoms with Gasteiger partial charge in [0, 0.05) is 19.4 Å². The second-order valence-electron chi connectivity index (χ2n) is 2.72. The Balaban J connectivity index is 3.91. The standard InChI is InChI=1S/C10H18ClNO/c1-3-9(6-4-5-7-11)8-10(12)13-2/h3-4,6,10H,5,7-8,12H2,1-2H3/b6-4-,9-3+. The Morgan fingerprint density at radius 2 is 2.31 bits per heavy atom. The van der Waals surface area contributed by atoms with Gasteiger partial charge in [0.1, 0.15) is 6.23 Å². The van der Waals surface area contributed by atoms with Crippen LogP contribution in [0.3, 0.4) is 0 Å². The van der Waals surface area contributed by atoms with Crippen molar-refractivity contribution in [1.82, 2.24) is 0 Å². The van der Waals surface area contributed by atoms with Crippen molar-refractivity contribution in [3.05, 3.63) is 23.8 Å². The molecule has 3 heteroatoms. The molecule has 0 rings (SSSR count). The summed E-state index contributed by atoms with van der Waals surface area (Å²) < 4.78 is 4.97. The van der Waals surface area contributed by atoms with Crippen LogP contribution in [-0.2, 0) is 4.74 Å². The maximum atomic E-state index is 5.63. The molecular formula is C10H18ClNO. The predicted octanol–water partition coefficient (Wildman–Crippen LogP) is 2.44. The Hall–Kier alpha value is -0.310. The minimum absolute atomic E-state index is 0.216. The minimum atomic E-state index is -0.216. The van der Waals surface area contributed by atoms with Crippen LogP contribution < -0.4 is 5.73 Å². The van der Waals surface area contributed by atoms with E-state index >= 15 is 0 Å². The monoisotopic (exact) mass is 203 g/mol. The zero-order valence-corrected chi connectivity index (χ0v) is 9.05. The highest BCUT2D eigenvalue weighted by atomic mass is 35.5. The second-order valence-corrected chi connectivity index (χ2v) is 3.10. The smallest absolute Gasteiger partial charge is 0.109 e. The molecular weight excluding hydrogens is 186 g/mol. The Morgan fingerprint density at radius 3 is 2.77 bits per heavy atom. The van der Waals surface area contributed by atoms with Crippen molar-refractivity contribution >= 4 is 11.6 Å². The van der Waals surface area contributed by atoms with Crippen molar-refractivity contribution in [3.63, 3.8) is 0 Å². The molecule has 0 heterocycles. The maximum absolute atomic E-state index is 5.63. The summed E-state index contributed by atoms with van der Waals surface area (Å²) in [5, 5.41) is 0. The Bertz CT molecular complexity index is 178. The molecule has 0 aliphatic heterocycles. The fourth-order valence-corrected chi connectivity index (χ4v) is 1.02. The quantitative estimate of drug-likeness (QED) is 0.409. The highest BCUT2D eigenvalue weighted by Gasteiger charge is 2.00. The van der Waals surface area contributed by atoms with E-state index in [0.29, 0.717) is 5.88 Å². The van der Waals surface area contributed by atoms with Gasteiger partial charge in [0.25, 0.3) is 0 Å². The van der Waals surface area contributed by atoms with Gasteiger partial charge in [0.2, 0.25) is 0 Å². The number of nitrogens with two attached hydrogens (primary N) is 1. The van der Waals surface area contributed by atoms with Gasteiger partial charge in [-0.05, 0) is 18.9 Å². The Morgan fingerprint density at radius 1 is 1.62 bits per heavy atom. The first-order valence-electron chi connectivity index (χ1n) is 4.40. The van der Waals surface area contributed by atoms with E-state index in [1.54, 1.807) is 7.11 Å². The molecule has 0 aromatic carbocycles. The van der Waals surface area contributed by atoms with Crippen LogP contribution in [0, 0.1) is 0 Å². The van der Waals surface area contributed by atoms with E-state index < -0.39 is 0 Å². The van der Waals surface area contributed by atoms with E-state index in [9.17, 15) is 0 Å². The highest BCUT2D eigenvalue weighted by Crippen LogP contribution is 2.07. The van der Waals surface area contributed by atoms with Crippen LogP contribution in [0.1, 0.15) is 19.8 Å². The predicted molar refractivity (Wildman–Crippen MR) is 57.8 cm³/mol. The summed E-state index contributed by atoms with van der Waals surface area (Å²) in [4.78, 5) is 0. The first-order chi connectivity index (χ1) is 6.24. The zero-order chi connectivity index (χ0) is 10.1. The molecule has 2 N–H and O–H groups in total. The molecule has 0 radical (unpaired) electrons. The third-order valence-corrected chi connectivity index (χ3v) is 1.94. The molecule has 1 unspecified atom stereocenters.